The van der Waals surface area contributed by atoms with E-state index in [0.717, 1.165) is 0 Å². The van der Waals surface area contributed by atoms with Crippen LogP contribution in [0.3, 0.4) is 0 Å². The Kier molecular flexibility index (Phi) is 11.8. The van der Waals surface area contributed by atoms with Gasteiger partial charge >= 0.3 is 0 Å². The predicted molar refractivity (Wildman–Crippen MR) is 140 cm³/mol. The Labute approximate surface area is 219 Å². The minimum Gasteiger partial charge on any atom is -0.465 e. The van der Waals surface area contributed by atoms with E-state index in [0.29, 0.717) is 23.3 Å². The summed E-state index contributed by atoms with van der Waals surface area (Å²) < 4.78 is 5.89. The quantitative estimate of drug-likeness (QED) is 0.355. The number of Topliss-reactive ketones (excluding diaryl/α,β-unsaturated/α-hetero) is 4. The van der Waals surface area contributed by atoms with Crippen molar-refractivity contribution in [2.24, 2.45) is 29.6 Å². The highest BCUT2D eigenvalue weighted by Crippen LogP contribution is 2.29. The van der Waals surface area contributed by atoms with Crippen LogP contribution in [0.15, 0.2) is 9.21 Å². The fourth-order valence-corrected chi connectivity index (χ4v) is 4.89. The van der Waals surface area contributed by atoms with Crippen molar-refractivity contribution < 1.29 is 33.8 Å². The van der Waals surface area contributed by atoms with Gasteiger partial charge in [-0.2, -0.15) is 0 Å². The lowest BCUT2D eigenvalue weighted by Crippen LogP contribution is -2.43. The first-order valence-electron chi connectivity index (χ1n) is 13.2. The number of aryl methyl sites for hydroxylation is 1. The van der Waals surface area contributed by atoms with E-state index in [-0.39, 0.29) is 29.2 Å². The first-order chi connectivity index (χ1) is 17.0. The van der Waals surface area contributed by atoms with Crippen molar-refractivity contribution in [1.82, 2.24) is 0 Å². The molecule has 0 fully saturated rings. The third-order valence-corrected chi connectivity index (χ3v) is 7.95. The minimum absolute atomic E-state index is 0.179. The van der Waals surface area contributed by atoms with E-state index in [1.807, 2.05) is 6.92 Å². The molecule has 0 radical (unpaired) electrons. The molecule has 1 aromatic heterocycles. The molecule has 0 amide bonds. The SMILES string of the molecule is CCC(=O)[C@@H](C)[C@H](O)[C@H](C)C(=O)C(C)C(=O)[C@@H](C)[C@@H](O)[C@@H](C)C(=O)[C@H](C)c1oc(CC)c(C)c(=O)c1C. The summed E-state index contributed by atoms with van der Waals surface area (Å²) in [6.07, 6.45) is -1.88. The molecule has 0 spiro atoms. The van der Waals surface area contributed by atoms with Crippen LogP contribution in [0, 0.1) is 43.4 Å². The molecule has 2 N–H and O–H groups in total. The second kappa shape index (κ2) is 13.4. The van der Waals surface area contributed by atoms with Gasteiger partial charge in [-0.05, 0) is 27.7 Å². The van der Waals surface area contributed by atoms with E-state index in [9.17, 15) is 34.2 Å². The van der Waals surface area contributed by atoms with Gasteiger partial charge in [0, 0.05) is 47.6 Å². The maximum atomic E-state index is 13.3. The number of hydrogen-bond donors (Lipinski definition) is 2. The van der Waals surface area contributed by atoms with Crippen LogP contribution in [-0.4, -0.2) is 45.6 Å². The molecule has 0 aliphatic carbocycles. The standard InChI is InChI=1S/C29H44O8/c1-11-21(30)13(3)23(31)15(5)25(33)16(6)26(34)17(7)27(35)18(8)28(36)20(10)29-19(9)24(32)14(4)22(12-2)37-29/h13,15-18,20,23,27,31,35H,11-12H2,1-10H3/t13-,15+,16?,17-,18-,20+,23+,27-/m1/s1. The van der Waals surface area contributed by atoms with Crippen molar-refractivity contribution in [2.75, 3.05) is 0 Å². The summed E-state index contributed by atoms with van der Waals surface area (Å²) in [5, 5.41) is 21.4. The molecule has 0 saturated heterocycles. The number of carbonyl (C=O) groups excluding carboxylic acids is 4. The van der Waals surface area contributed by atoms with Gasteiger partial charge in [0.1, 0.15) is 34.7 Å². The Morgan fingerprint density at radius 3 is 1.59 bits per heavy atom. The van der Waals surface area contributed by atoms with Crippen LogP contribution in [0.25, 0.3) is 0 Å². The molecule has 8 heteroatoms. The summed E-state index contributed by atoms with van der Waals surface area (Å²) in [7, 11) is 0. The van der Waals surface area contributed by atoms with Crippen molar-refractivity contribution in [3.05, 3.63) is 32.9 Å². The van der Waals surface area contributed by atoms with Gasteiger partial charge in [-0.25, -0.2) is 0 Å². The zero-order valence-corrected chi connectivity index (χ0v) is 23.9. The molecule has 1 aromatic rings. The highest BCUT2D eigenvalue weighted by molar-refractivity contribution is 6.04. The minimum atomic E-state index is -1.37. The number of carbonyl (C=O) groups is 4. The first kappa shape index (κ1) is 32.6. The summed E-state index contributed by atoms with van der Waals surface area (Å²) in [5.74, 6) is -6.56. The third-order valence-electron chi connectivity index (χ3n) is 7.95. The largest absolute Gasteiger partial charge is 0.465 e. The number of ketones is 4. The molecule has 8 nitrogen and oxygen atoms in total. The van der Waals surface area contributed by atoms with Crippen LogP contribution < -0.4 is 5.43 Å². The normalized spacial score (nSPS) is 18.2. The highest BCUT2D eigenvalue weighted by Gasteiger charge is 2.40. The van der Waals surface area contributed by atoms with Gasteiger partial charge < -0.3 is 14.6 Å². The molecule has 8 atom stereocenters. The first-order valence-corrected chi connectivity index (χ1v) is 13.2. The van der Waals surface area contributed by atoms with Crippen molar-refractivity contribution >= 4 is 23.1 Å². The lowest BCUT2D eigenvalue weighted by atomic mass is 9.77. The maximum absolute atomic E-state index is 13.3. The number of rotatable bonds is 14. The summed E-state index contributed by atoms with van der Waals surface area (Å²) in [6, 6.07) is 0. The Balaban J connectivity index is 3.06. The second-order valence-corrected chi connectivity index (χ2v) is 10.4. The van der Waals surface area contributed by atoms with Crippen molar-refractivity contribution in [1.29, 1.82) is 0 Å². The summed E-state index contributed by atoms with van der Waals surface area (Å²) in [4.78, 5) is 63.8. The van der Waals surface area contributed by atoms with E-state index in [1.54, 1.807) is 34.6 Å². The lowest BCUT2D eigenvalue weighted by Gasteiger charge is -2.29. The van der Waals surface area contributed by atoms with Crippen molar-refractivity contribution in [3.63, 3.8) is 0 Å². The lowest BCUT2D eigenvalue weighted by molar-refractivity contribution is -0.142. The molecule has 1 rings (SSSR count). The van der Waals surface area contributed by atoms with Crippen LogP contribution in [0.2, 0.25) is 0 Å². The van der Waals surface area contributed by atoms with Crippen LogP contribution in [0.4, 0.5) is 0 Å². The van der Waals surface area contributed by atoms with E-state index in [1.165, 1.54) is 27.7 Å². The maximum Gasteiger partial charge on any atom is 0.191 e. The van der Waals surface area contributed by atoms with Gasteiger partial charge in [0.25, 0.3) is 0 Å². The third kappa shape index (κ3) is 6.90. The van der Waals surface area contributed by atoms with Crippen molar-refractivity contribution in [3.8, 4) is 0 Å². The smallest absolute Gasteiger partial charge is 0.191 e. The molecule has 0 bridgehead atoms. The summed E-state index contributed by atoms with van der Waals surface area (Å²) in [6.45, 7) is 15.8. The van der Waals surface area contributed by atoms with Gasteiger partial charge in [-0.15, -0.1) is 0 Å². The van der Waals surface area contributed by atoms with Gasteiger partial charge in [0.15, 0.2) is 5.43 Å². The van der Waals surface area contributed by atoms with Crippen LogP contribution in [-0.2, 0) is 25.6 Å². The fourth-order valence-electron chi connectivity index (χ4n) is 4.89. The van der Waals surface area contributed by atoms with Crippen LogP contribution >= 0.6 is 0 Å². The van der Waals surface area contributed by atoms with Crippen LogP contribution in [0.5, 0.6) is 0 Å². The second-order valence-electron chi connectivity index (χ2n) is 10.4. The monoisotopic (exact) mass is 520 g/mol. The van der Waals surface area contributed by atoms with Gasteiger partial charge in [-0.3, -0.25) is 24.0 Å². The van der Waals surface area contributed by atoms with E-state index >= 15 is 0 Å². The van der Waals surface area contributed by atoms with E-state index < -0.39 is 59.3 Å². The van der Waals surface area contributed by atoms with Gasteiger partial charge in [-0.1, -0.05) is 41.5 Å². The Morgan fingerprint density at radius 2 is 1.16 bits per heavy atom. The Hall–Kier alpha value is -2.45. The Morgan fingerprint density at radius 1 is 0.730 bits per heavy atom. The number of aliphatic hydroxyl groups excluding tert-OH is 2. The molecule has 0 aliphatic rings. The molecule has 0 aliphatic heterocycles. The average Bonchev–Trinajstić information content (AvgIpc) is 2.90. The molecule has 1 unspecified atom stereocenters. The topological polar surface area (TPSA) is 139 Å². The zero-order chi connectivity index (χ0) is 28.9. The predicted octanol–water partition coefficient (Wildman–Crippen LogP) is 3.51. The van der Waals surface area contributed by atoms with Gasteiger partial charge in [0.05, 0.1) is 24.0 Å². The fraction of sp³-hybridized carbons (Fsp3) is 0.690. The number of aliphatic hydroxyl groups is 2. The van der Waals surface area contributed by atoms with E-state index in [2.05, 4.69) is 0 Å². The summed E-state index contributed by atoms with van der Waals surface area (Å²) in [5.41, 5.74) is 0.652. The highest BCUT2D eigenvalue weighted by atomic mass is 16.3. The van der Waals surface area contributed by atoms with Crippen molar-refractivity contribution in [2.45, 2.75) is 100 Å². The molecule has 0 aromatic carbocycles. The number of hydrogen-bond acceptors (Lipinski definition) is 8. The molecule has 0 saturated carbocycles. The molecular weight excluding hydrogens is 476 g/mol. The molecule has 1 heterocycles. The van der Waals surface area contributed by atoms with Gasteiger partial charge in [0.2, 0.25) is 0 Å². The average molecular weight is 521 g/mol. The van der Waals surface area contributed by atoms with Crippen LogP contribution in [0.1, 0.15) is 90.4 Å². The summed E-state index contributed by atoms with van der Waals surface area (Å²) >= 11 is 0. The van der Waals surface area contributed by atoms with E-state index in [4.69, 9.17) is 4.42 Å². The zero-order valence-electron chi connectivity index (χ0n) is 23.9. The molecule has 208 valence electrons. The molecular formula is C29H44O8. The molecule has 37 heavy (non-hydrogen) atoms. The Bertz CT molecular complexity index is 1070.